The predicted molar refractivity (Wildman–Crippen MR) is 48.1 cm³/mol. The van der Waals surface area contributed by atoms with Crippen LogP contribution in [0.15, 0.2) is 12.3 Å². The summed E-state index contributed by atoms with van der Waals surface area (Å²) in [5.74, 6) is -0.924. The van der Waals surface area contributed by atoms with E-state index in [1.54, 1.807) is 0 Å². The molecule has 4 heteroatoms. The van der Waals surface area contributed by atoms with Gasteiger partial charge in [-0.2, -0.15) is 0 Å². The van der Waals surface area contributed by atoms with E-state index in [1.165, 1.54) is 0 Å². The van der Waals surface area contributed by atoms with Crippen LogP contribution < -0.4 is 5.73 Å². The Morgan fingerprint density at radius 2 is 2.27 bits per heavy atom. The molecule has 0 aromatic rings. The first-order chi connectivity index (χ1) is 4.89. The summed E-state index contributed by atoms with van der Waals surface area (Å²) in [6.45, 7) is 7.75. The third kappa shape index (κ3) is 3.95. The van der Waals surface area contributed by atoms with Gasteiger partial charge < -0.3 is 10.8 Å². The van der Waals surface area contributed by atoms with Crippen LogP contribution in [0.3, 0.4) is 0 Å². The van der Waals surface area contributed by atoms with Crippen LogP contribution in [0, 0.1) is 0 Å². The average Bonchev–Trinajstić information content (AvgIpc) is 1.87. The standard InChI is InChI=1S/C7H15NO2Si/c1-4-11(2,3)5-6(8)7(9)10/h4,6H,1,5,8H2,2-3H3,(H,9,10)/t6-/m0/s1. The fraction of sp³-hybridized carbons (Fsp3) is 0.571. The summed E-state index contributed by atoms with van der Waals surface area (Å²) in [5, 5.41) is 8.50. The molecule has 0 unspecified atom stereocenters. The molecule has 0 heterocycles. The smallest absolute Gasteiger partial charge is 0.320 e. The molecule has 11 heavy (non-hydrogen) atoms. The van der Waals surface area contributed by atoms with Gasteiger partial charge in [-0.1, -0.05) is 13.1 Å². The summed E-state index contributed by atoms with van der Waals surface area (Å²) in [6.07, 6.45) is 0. The van der Waals surface area contributed by atoms with Gasteiger partial charge in [-0.25, -0.2) is 0 Å². The molecule has 1 atom stereocenters. The Morgan fingerprint density at radius 3 is 2.55 bits per heavy atom. The Kier molecular flexibility index (Phi) is 3.48. The molecule has 0 aliphatic heterocycles. The van der Waals surface area contributed by atoms with Gasteiger partial charge in [-0.15, -0.1) is 12.3 Å². The van der Waals surface area contributed by atoms with Crippen molar-refractivity contribution in [2.24, 2.45) is 5.73 Å². The molecule has 0 fully saturated rings. The van der Waals surface area contributed by atoms with Gasteiger partial charge in [0, 0.05) is 0 Å². The number of hydrogen-bond acceptors (Lipinski definition) is 2. The van der Waals surface area contributed by atoms with Crippen molar-refractivity contribution in [2.75, 3.05) is 0 Å². The van der Waals surface area contributed by atoms with Crippen LogP contribution in [0.5, 0.6) is 0 Å². The SMILES string of the molecule is C=C[Si](C)(C)C[C@H](N)C(=O)O. The highest BCUT2D eigenvalue weighted by atomic mass is 28.3. The zero-order chi connectivity index (χ0) is 9.07. The van der Waals surface area contributed by atoms with Crippen LogP contribution in [0.1, 0.15) is 0 Å². The Bertz CT molecular complexity index is 168. The van der Waals surface area contributed by atoms with Crippen molar-refractivity contribution in [1.82, 2.24) is 0 Å². The molecular weight excluding hydrogens is 158 g/mol. The van der Waals surface area contributed by atoms with Crippen LogP contribution in [-0.4, -0.2) is 25.2 Å². The molecule has 0 saturated carbocycles. The molecule has 0 amide bonds. The molecule has 0 radical (unpaired) electrons. The van der Waals surface area contributed by atoms with E-state index in [0.717, 1.165) is 0 Å². The van der Waals surface area contributed by atoms with Crippen LogP contribution >= 0.6 is 0 Å². The van der Waals surface area contributed by atoms with E-state index in [4.69, 9.17) is 10.8 Å². The Balaban J connectivity index is 4.03. The average molecular weight is 173 g/mol. The maximum atomic E-state index is 10.4. The molecular formula is C7H15NO2Si. The summed E-state index contributed by atoms with van der Waals surface area (Å²) in [7, 11) is -1.55. The fourth-order valence-corrected chi connectivity index (χ4v) is 2.21. The quantitative estimate of drug-likeness (QED) is 0.619. The highest BCUT2D eigenvalue weighted by molar-refractivity contribution is 6.82. The van der Waals surface area contributed by atoms with Crippen molar-refractivity contribution in [2.45, 2.75) is 25.2 Å². The molecule has 0 aromatic heterocycles. The number of rotatable bonds is 4. The zero-order valence-corrected chi connectivity index (χ0v) is 8.00. The third-order valence-electron chi connectivity index (χ3n) is 1.62. The van der Waals surface area contributed by atoms with Crippen molar-refractivity contribution >= 4 is 14.0 Å². The first kappa shape index (κ1) is 10.4. The molecule has 0 aromatic carbocycles. The lowest BCUT2D eigenvalue weighted by molar-refractivity contribution is -0.138. The maximum Gasteiger partial charge on any atom is 0.320 e. The van der Waals surface area contributed by atoms with Crippen molar-refractivity contribution in [3.8, 4) is 0 Å². The number of carboxylic acid groups (broad SMARTS) is 1. The lowest BCUT2D eigenvalue weighted by atomic mass is 10.4. The highest BCUT2D eigenvalue weighted by Gasteiger charge is 2.23. The molecule has 0 saturated heterocycles. The second-order valence-electron chi connectivity index (χ2n) is 3.34. The topological polar surface area (TPSA) is 63.3 Å². The molecule has 0 aliphatic rings. The van der Waals surface area contributed by atoms with Gasteiger partial charge in [-0.05, 0) is 6.04 Å². The van der Waals surface area contributed by atoms with Gasteiger partial charge >= 0.3 is 5.97 Å². The van der Waals surface area contributed by atoms with Crippen LogP contribution in [-0.2, 0) is 4.79 Å². The van der Waals surface area contributed by atoms with Gasteiger partial charge in [0.2, 0.25) is 0 Å². The van der Waals surface area contributed by atoms with E-state index in [1.807, 2.05) is 18.8 Å². The number of carbonyl (C=O) groups is 1. The lowest BCUT2D eigenvalue weighted by Gasteiger charge is -2.19. The first-order valence-corrected chi connectivity index (χ1v) is 6.79. The Morgan fingerprint density at radius 1 is 1.82 bits per heavy atom. The lowest BCUT2D eigenvalue weighted by Crippen LogP contribution is -2.38. The summed E-state index contributed by atoms with van der Waals surface area (Å²) in [6, 6.07) is -0.166. The second-order valence-corrected chi connectivity index (χ2v) is 8.14. The summed E-state index contributed by atoms with van der Waals surface area (Å²) >= 11 is 0. The summed E-state index contributed by atoms with van der Waals surface area (Å²) in [4.78, 5) is 10.4. The second kappa shape index (κ2) is 3.68. The fourth-order valence-electron chi connectivity index (χ4n) is 0.737. The van der Waals surface area contributed by atoms with Gasteiger partial charge in [0.1, 0.15) is 6.04 Å². The van der Waals surface area contributed by atoms with E-state index in [-0.39, 0.29) is 0 Å². The molecule has 0 spiro atoms. The minimum absolute atomic E-state index is 0.561. The monoisotopic (exact) mass is 173 g/mol. The van der Waals surface area contributed by atoms with Gasteiger partial charge in [0.25, 0.3) is 0 Å². The van der Waals surface area contributed by atoms with Gasteiger partial charge in [0.15, 0.2) is 0 Å². The molecule has 0 rings (SSSR count). The molecule has 64 valence electrons. The first-order valence-electron chi connectivity index (χ1n) is 3.51. The minimum atomic E-state index is -1.55. The number of nitrogens with two attached hydrogens (primary N) is 1. The Hall–Kier alpha value is -0.613. The summed E-state index contributed by atoms with van der Waals surface area (Å²) in [5.41, 5.74) is 7.22. The van der Waals surface area contributed by atoms with Gasteiger partial charge in [-0.3, -0.25) is 4.79 Å². The Labute approximate surface area is 67.9 Å². The van der Waals surface area contributed by atoms with Crippen LogP contribution in [0.4, 0.5) is 0 Å². The minimum Gasteiger partial charge on any atom is -0.480 e. The maximum absolute atomic E-state index is 10.4. The highest BCUT2D eigenvalue weighted by Crippen LogP contribution is 2.11. The molecule has 3 nitrogen and oxygen atoms in total. The van der Waals surface area contributed by atoms with Crippen molar-refractivity contribution < 1.29 is 9.90 Å². The van der Waals surface area contributed by atoms with Crippen molar-refractivity contribution in [3.63, 3.8) is 0 Å². The summed E-state index contributed by atoms with van der Waals surface area (Å²) < 4.78 is 0. The number of aliphatic carboxylic acids is 1. The van der Waals surface area contributed by atoms with E-state index < -0.39 is 20.1 Å². The van der Waals surface area contributed by atoms with E-state index in [2.05, 4.69) is 6.58 Å². The van der Waals surface area contributed by atoms with Crippen molar-refractivity contribution in [1.29, 1.82) is 0 Å². The van der Waals surface area contributed by atoms with Crippen molar-refractivity contribution in [3.05, 3.63) is 12.3 Å². The van der Waals surface area contributed by atoms with E-state index >= 15 is 0 Å². The molecule has 0 bridgehead atoms. The largest absolute Gasteiger partial charge is 0.480 e. The number of carboxylic acids is 1. The van der Waals surface area contributed by atoms with E-state index in [0.29, 0.717) is 6.04 Å². The molecule has 3 N–H and O–H groups in total. The predicted octanol–water partition coefficient (Wildman–Crippen LogP) is 0.832. The van der Waals surface area contributed by atoms with Gasteiger partial charge in [0.05, 0.1) is 8.07 Å². The third-order valence-corrected chi connectivity index (χ3v) is 4.21. The van der Waals surface area contributed by atoms with E-state index in [9.17, 15) is 4.79 Å². The zero-order valence-electron chi connectivity index (χ0n) is 7.00. The van der Waals surface area contributed by atoms with Crippen LogP contribution in [0.25, 0.3) is 0 Å². The normalized spacial score (nSPS) is 14.1. The molecule has 0 aliphatic carbocycles. The number of hydrogen-bond donors (Lipinski definition) is 2. The van der Waals surface area contributed by atoms with Crippen LogP contribution in [0.2, 0.25) is 19.1 Å².